The third-order valence-corrected chi connectivity index (χ3v) is 10.4. The van der Waals surface area contributed by atoms with Crippen LogP contribution < -0.4 is 0 Å². The lowest BCUT2D eigenvalue weighted by molar-refractivity contribution is 0.669. The van der Waals surface area contributed by atoms with Gasteiger partial charge >= 0.3 is 0 Å². The number of fused-ring (bicyclic) bond motifs is 6. The van der Waals surface area contributed by atoms with Gasteiger partial charge in [0, 0.05) is 59.4 Å². The Balaban J connectivity index is 1.14. The van der Waals surface area contributed by atoms with Gasteiger partial charge in [0.05, 0.1) is 5.69 Å². The van der Waals surface area contributed by atoms with E-state index in [2.05, 4.69) is 96.0 Å². The Bertz CT molecular complexity index is 2860. The van der Waals surface area contributed by atoms with E-state index in [9.17, 15) is 0 Å². The van der Waals surface area contributed by atoms with Gasteiger partial charge in [-0.2, -0.15) is 0 Å². The van der Waals surface area contributed by atoms with Crippen LogP contribution in [0.3, 0.4) is 0 Å². The van der Waals surface area contributed by atoms with Crippen molar-refractivity contribution >= 4 is 53.4 Å². The van der Waals surface area contributed by atoms with E-state index in [4.69, 9.17) is 19.4 Å². The zero-order valence-corrected chi connectivity index (χ0v) is 27.4. The first-order valence-corrected chi connectivity index (χ1v) is 17.3. The molecule has 5 nitrogen and oxygen atoms in total. The van der Waals surface area contributed by atoms with Gasteiger partial charge in [0.1, 0.15) is 11.2 Å². The Morgan fingerprint density at radius 2 is 1.12 bits per heavy atom. The van der Waals surface area contributed by atoms with Crippen LogP contribution >= 0.6 is 11.3 Å². The quantitative estimate of drug-likeness (QED) is 0.184. The van der Waals surface area contributed by atoms with E-state index in [1.165, 1.54) is 20.2 Å². The van der Waals surface area contributed by atoms with Crippen molar-refractivity contribution in [2.24, 2.45) is 0 Å². The smallest absolute Gasteiger partial charge is 0.164 e. The summed E-state index contributed by atoms with van der Waals surface area (Å²) in [5.74, 6) is 1.85. The Kier molecular flexibility index (Phi) is 6.60. The summed E-state index contributed by atoms with van der Waals surface area (Å²) in [6.07, 6.45) is 1.82. The molecule has 50 heavy (non-hydrogen) atoms. The van der Waals surface area contributed by atoms with Crippen molar-refractivity contribution in [3.8, 4) is 56.5 Å². The summed E-state index contributed by atoms with van der Waals surface area (Å²) in [6.45, 7) is 0. The van der Waals surface area contributed by atoms with Gasteiger partial charge in [0.15, 0.2) is 17.5 Å². The van der Waals surface area contributed by atoms with E-state index in [0.29, 0.717) is 17.5 Å². The minimum absolute atomic E-state index is 0.600. The van der Waals surface area contributed by atoms with Gasteiger partial charge in [-0.1, -0.05) is 97.1 Å². The average molecular weight is 659 g/mol. The normalized spacial score (nSPS) is 11.6. The number of hydrogen-bond acceptors (Lipinski definition) is 6. The van der Waals surface area contributed by atoms with Crippen LogP contribution in [0.4, 0.5) is 0 Å². The van der Waals surface area contributed by atoms with Crippen LogP contribution in [0.2, 0.25) is 0 Å². The molecule has 0 N–H and O–H groups in total. The number of nitrogens with zero attached hydrogens (tertiary/aromatic N) is 4. The molecule has 0 aliphatic carbocycles. The molecule has 0 bridgehead atoms. The SMILES string of the molecule is c1ccc(-c2nc(-c3ccc4sc5ccccc5c4c3)nc(-c3cccc4oc5ccc(-c6ccc(-c7ccccn7)cc6)cc5c34)n2)cc1. The lowest BCUT2D eigenvalue weighted by Crippen LogP contribution is -2.00. The molecule has 0 radical (unpaired) electrons. The number of hydrogen-bond donors (Lipinski definition) is 0. The zero-order valence-electron chi connectivity index (χ0n) is 26.6. The third kappa shape index (κ3) is 4.85. The van der Waals surface area contributed by atoms with Crippen LogP contribution in [-0.2, 0) is 0 Å². The lowest BCUT2D eigenvalue weighted by Gasteiger charge is -2.10. The van der Waals surface area contributed by atoms with Gasteiger partial charge in [0.25, 0.3) is 0 Å². The molecule has 6 heteroatoms. The van der Waals surface area contributed by atoms with Crippen LogP contribution in [-0.4, -0.2) is 19.9 Å². The number of aromatic nitrogens is 4. The summed E-state index contributed by atoms with van der Waals surface area (Å²) in [5, 5.41) is 4.43. The minimum atomic E-state index is 0.600. The van der Waals surface area contributed by atoms with Crippen molar-refractivity contribution in [3.63, 3.8) is 0 Å². The van der Waals surface area contributed by atoms with Gasteiger partial charge < -0.3 is 4.42 Å². The van der Waals surface area contributed by atoms with Crippen LogP contribution in [0, 0.1) is 0 Å². The molecule has 6 aromatic carbocycles. The predicted molar refractivity (Wildman–Crippen MR) is 205 cm³/mol. The molecule has 10 aromatic rings. The van der Waals surface area contributed by atoms with Crippen LogP contribution in [0.5, 0.6) is 0 Å². The van der Waals surface area contributed by atoms with E-state index >= 15 is 0 Å². The van der Waals surface area contributed by atoms with Crippen molar-refractivity contribution in [1.29, 1.82) is 0 Å². The lowest BCUT2D eigenvalue weighted by atomic mass is 9.99. The Hall–Kier alpha value is -6.50. The fourth-order valence-electron chi connectivity index (χ4n) is 6.77. The summed E-state index contributed by atoms with van der Waals surface area (Å²) in [7, 11) is 0. The molecule has 4 heterocycles. The highest BCUT2D eigenvalue weighted by molar-refractivity contribution is 7.25. The summed E-state index contributed by atoms with van der Waals surface area (Å²) in [4.78, 5) is 19.8. The maximum absolute atomic E-state index is 6.41. The number of thiophene rings is 1. The molecule has 234 valence electrons. The number of rotatable bonds is 5. The molecule has 0 saturated carbocycles. The van der Waals surface area contributed by atoms with Crippen molar-refractivity contribution in [2.75, 3.05) is 0 Å². The monoisotopic (exact) mass is 658 g/mol. The molecular weight excluding hydrogens is 633 g/mol. The van der Waals surface area contributed by atoms with Gasteiger partial charge in [-0.05, 0) is 65.7 Å². The molecule has 0 atom stereocenters. The van der Waals surface area contributed by atoms with Crippen molar-refractivity contribution < 1.29 is 4.42 Å². The van der Waals surface area contributed by atoms with Crippen molar-refractivity contribution in [1.82, 2.24) is 19.9 Å². The molecule has 0 spiro atoms. The van der Waals surface area contributed by atoms with E-state index in [-0.39, 0.29) is 0 Å². The number of benzene rings is 6. The largest absolute Gasteiger partial charge is 0.456 e. The first kappa shape index (κ1) is 28.5. The van der Waals surface area contributed by atoms with Crippen molar-refractivity contribution in [3.05, 3.63) is 158 Å². The predicted octanol–water partition coefficient (Wildman–Crippen LogP) is 11.9. The molecule has 0 fully saturated rings. The standard InChI is InChI=1S/C44H26N4OS/c1-2-9-29(10-3-1)42-46-43(31-21-23-40-34(26-31)32-11-4-5-15-39(32)50-40)48-44(47-42)33-12-8-14-38-41(33)35-25-30(20-22-37(35)49-38)27-16-18-28(19-17-27)36-13-6-7-24-45-36/h1-26H. The fourth-order valence-corrected chi connectivity index (χ4v) is 7.85. The number of pyridine rings is 1. The first-order chi connectivity index (χ1) is 24.7. The third-order valence-electron chi connectivity index (χ3n) is 9.22. The maximum Gasteiger partial charge on any atom is 0.164 e. The second-order valence-electron chi connectivity index (χ2n) is 12.3. The van der Waals surface area contributed by atoms with Crippen LogP contribution in [0.25, 0.3) is 98.7 Å². The maximum atomic E-state index is 6.41. The van der Waals surface area contributed by atoms with E-state index in [1.54, 1.807) is 11.3 Å². The molecule has 0 aliphatic heterocycles. The highest BCUT2D eigenvalue weighted by Gasteiger charge is 2.19. The molecule has 10 rings (SSSR count). The molecule has 0 aliphatic rings. The van der Waals surface area contributed by atoms with Gasteiger partial charge in [0.2, 0.25) is 0 Å². The Morgan fingerprint density at radius 3 is 1.98 bits per heavy atom. The van der Waals surface area contributed by atoms with Gasteiger partial charge in [-0.15, -0.1) is 11.3 Å². The van der Waals surface area contributed by atoms with Gasteiger partial charge in [-0.3, -0.25) is 4.98 Å². The average Bonchev–Trinajstić information content (AvgIpc) is 3.76. The minimum Gasteiger partial charge on any atom is -0.456 e. The highest BCUT2D eigenvalue weighted by atomic mass is 32.1. The van der Waals surface area contributed by atoms with E-state index in [1.807, 2.05) is 66.9 Å². The second-order valence-corrected chi connectivity index (χ2v) is 13.3. The number of furan rings is 1. The highest BCUT2D eigenvalue weighted by Crippen LogP contribution is 2.40. The summed E-state index contributed by atoms with van der Waals surface area (Å²) >= 11 is 1.80. The topological polar surface area (TPSA) is 64.7 Å². The molecule has 4 aromatic heterocycles. The van der Waals surface area contributed by atoms with Gasteiger partial charge in [-0.25, -0.2) is 15.0 Å². The second kappa shape index (κ2) is 11.6. The molecule has 0 amide bonds. The molecule has 0 saturated heterocycles. The first-order valence-electron chi connectivity index (χ1n) is 16.5. The summed E-state index contributed by atoms with van der Waals surface area (Å²) in [5.41, 5.74) is 8.62. The summed E-state index contributed by atoms with van der Waals surface area (Å²) < 4.78 is 8.92. The molecular formula is C44H26N4OS. The summed E-state index contributed by atoms with van der Waals surface area (Å²) in [6, 6.07) is 52.1. The Morgan fingerprint density at radius 1 is 0.420 bits per heavy atom. The van der Waals surface area contributed by atoms with Crippen molar-refractivity contribution in [2.45, 2.75) is 0 Å². The Labute approximate surface area is 291 Å². The van der Waals surface area contributed by atoms with E-state index in [0.717, 1.165) is 61.0 Å². The van der Waals surface area contributed by atoms with Crippen LogP contribution in [0.15, 0.2) is 162 Å². The fraction of sp³-hybridized carbons (Fsp3) is 0. The van der Waals surface area contributed by atoms with E-state index < -0.39 is 0 Å². The molecule has 0 unspecified atom stereocenters. The van der Waals surface area contributed by atoms with Crippen LogP contribution in [0.1, 0.15) is 0 Å². The zero-order chi connectivity index (χ0) is 33.0.